The maximum absolute atomic E-state index is 12.8. The lowest BCUT2D eigenvalue weighted by Gasteiger charge is -2.11. The molecule has 3 rings (SSSR count). The SMILES string of the molecule is Cc1cc(C)cc(NC(=O)c2cccnc2SCc2ccnc(NC(=O)CCl)c2)c1. The van der Waals surface area contributed by atoms with Gasteiger partial charge in [-0.1, -0.05) is 6.07 Å². The number of aromatic nitrogens is 2. The van der Waals surface area contributed by atoms with Crippen LogP contribution in [-0.2, 0) is 10.5 Å². The summed E-state index contributed by atoms with van der Waals surface area (Å²) >= 11 is 6.96. The van der Waals surface area contributed by atoms with Crippen LogP contribution in [-0.4, -0.2) is 27.7 Å². The number of halogens is 1. The molecule has 30 heavy (non-hydrogen) atoms. The van der Waals surface area contributed by atoms with Crippen LogP contribution in [0.3, 0.4) is 0 Å². The summed E-state index contributed by atoms with van der Waals surface area (Å²) in [6.45, 7) is 3.99. The van der Waals surface area contributed by atoms with Gasteiger partial charge in [0.25, 0.3) is 5.91 Å². The standard InChI is InChI=1S/C22H21ClN4O2S/c1-14-8-15(2)10-17(9-14)26-21(29)18-4-3-6-25-22(18)30-13-16-5-7-24-19(11-16)27-20(28)12-23/h3-11H,12-13H2,1-2H3,(H,26,29)(H,24,27,28). The fraction of sp³-hybridized carbons (Fsp3) is 0.182. The number of alkyl halides is 1. The third-order valence-corrected chi connectivity index (χ3v) is 5.40. The van der Waals surface area contributed by atoms with E-state index in [1.165, 1.54) is 11.8 Å². The van der Waals surface area contributed by atoms with Crippen LogP contribution in [0.5, 0.6) is 0 Å². The number of carbonyl (C=O) groups excluding carboxylic acids is 2. The first-order valence-corrected chi connectivity index (χ1v) is 10.7. The molecule has 2 aromatic heterocycles. The summed E-state index contributed by atoms with van der Waals surface area (Å²) in [5, 5.41) is 6.21. The van der Waals surface area contributed by atoms with Crippen molar-refractivity contribution in [2.45, 2.75) is 24.6 Å². The van der Waals surface area contributed by atoms with Gasteiger partial charge in [0.15, 0.2) is 0 Å². The van der Waals surface area contributed by atoms with Crippen molar-refractivity contribution in [3.8, 4) is 0 Å². The lowest BCUT2D eigenvalue weighted by Crippen LogP contribution is -2.14. The number of hydrogen-bond donors (Lipinski definition) is 2. The predicted octanol–water partition coefficient (Wildman–Crippen LogP) is 4.82. The molecule has 2 amide bonds. The van der Waals surface area contributed by atoms with Gasteiger partial charge in [0, 0.05) is 23.8 Å². The molecule has 154 valence electrons. The molecule has 0 unspecified atom stereocenters. The fourth-order valence-corrected chi connectivity index (χ4v) is 3.89. The number of rotatable bonds is 7. The van der Waals surface area contributed by atoms with Crippen LogP contribution < -0.4 is 10.6 Å². The first kappa shape index (κ1) is 21.8. The molecule has 0 aliphatic carbocycles. The second-order valence-electron chi connectivity index (χ2n) is 6.71. The third kappa shape index (κ3) is 6.05. The van der Waals surface area contributed by atoms with Crippen molar-refractivity contribution in [2.24, 2.45) is 0 Å². The molecule has 3 aromatic rings. The normalized spacial score (nSPS) is 10.5. The molecule has 2 heterocycles. The Bertz CT molecular complexity index is 1050. The summed E-state index contributed by atoms with van der Waals surface area (Å²) in [5.41, 5.74) is 4.37. The minimum atomic E-state index is -0.316. The zero-order chi connectivity index (χ0) is 21.5. The Morgan fingerprint density at radius 1 is 1.00 bits per heavy atom. The van der Waals surface area contributed by atoms with Crippen LogP contribution in [0.2, 0.25) is 0 Å². The average Bonchev–Trinajstić information content (AvgIpc) is 2.72. The van der Waals surface area contributed by atoms with Gasteiger partial charge >= 0.3 is 0 Å². The first-order chi connectivity index (χ1) is 14.4. The Kier molecular flexibility index (Phi) is 7.43. The number of pyridine rings is 2. The topological polar surface area (TPSA) is 84.0 Å². The Balaban J connectivity index is 1.72. The van der Waals surface area contributed by atoms with Gasteiger partial charge < -0.3 is 10.6 Å². The Labute approximate surface area is 184 Å². The minimum Gasteiger partial charge on any atom is -0.322 e. The van der Waals surface area contributed by atoms with Crippen molar-refractivity contribution >= 4 is 46.7 Å². The van der Waals surface area contributed by atoms with Crippen molar-refractivity contribution < 1.29 is 9.59 Å². The number of anilines is 2. The number of nitrogens with zero attached hydrogens (tertiary/aromatic N) is 2. The van der Waals surface area contributed by atoms with Gasteiger partial charge in [-0.25, -0.2) is 9.97 Å². The van der Waals surface area contributed by atoms with E-state index in [1.807, 2.05) is 32.0 Å². The molecule has 0 radical (unpaired) electrons. The largest absolute Gasteiger partial charge is 0.322 e. The summed E-state index contributed by atoms with van der Waals surface area (Å²) < 4.78 is 0. The minimum absolute atomic E-state index is 0.131. The van der Waals surface area contributed by atoms with Crippen LogP contribution in [0.4, 0.5) is 11.5 Å². The zero-order valence-electron chi connectivity index (χ0n) is 16.6. The van der Waals surface area contributed by atoms with E-state index in [0.717, 1.165) is 22.4 Å². The number of amides is 2. The molecule has 0 saturated carbocycles. The van der Waals surface area contributed by atoms with Crippen molar-refractivity contribution in [3.63, 3.8) is 0 Å². The van der Waals surface area contributed by atoms with E-state index in [4.69, 9.17) is 11.6 Å². The van der Waals surface area contributed by atoms with Gasteiger partial charge in [-0.05, 0) is 66.9 Å². The molecule has 8 heteroatoms. The molecular weight excluding hydrogens is 420 g/mol. The molecule has 2 N–H and O–H groups in total. The van der Waals surface area contributed by atoms with Gasteiger partial charge in [-0.15, -0.1) is 23.4 Å². The highest BCUT2D eigenvalue weighted by Crippen LogP contribution is 2.26. The van der Waals surface area contributed by atoms with Gasteiger partial charge in [-0.3, -0.25) is 9.59 Å². The number of aryl methyl sites for hydroxylation is 2. The number of thioether (sulfide) groups is 1. The Hall–Kier alpha value is -2.90. The second-order valence-corrected chi connectivity index (χ2v) is 7.94. The number of nitrogens with one attached hydrogen (secondary N) is 2. The summed E-state index contributed by atoms with van der Waals surface area (Å²) in [4.78, 5) is 32.8. The summed E-state index contributed by atoms with van der Waals surface area (Å²) in [6.07, 6.45) is 3.28. The monoisotopic (exact) mass is 440 g/mol. The maximum Gasteiger partial charge on any atom is 0.258 e. The van der Waals surface area contributed by atoms with Crippen molar-refractivity contribution in [2.75, 3.05) is 16.5 Å². The number of carbonyl (C=O) groups is 2. The van der Waals surface area contributed by atoms with E-state index in [2.05, 4.69) is 26.7 Å². The lowest BCUT2D eigenvalue weighted by atomic mass is 10.1. The zero-order valence-corrected chi connectivity index (χ0v) is 18.2. The third-order valence-electron chi connectivity index (χ3n) is 4.08. The first-order valence-electron chi connectivity index (χ1n) is 9.23. The van der Waals surface area contributed by atoms with E-state index in [1.54, 1.807) is 30.6 Å². The van der Waals surface area contributed by atoms with Crippen molar-refractivity contribution in [1.29, 1.82) is 0 Å². The molecule has 6 nitrogen and oxygen atoms in total. The molecule has 0 spiro atoms. The Morgan fingerprint density at radius 2 is 1.77 bits per heavy atom. The van der Waals surface area contributed by atoms with Crippen LogP contribution in [0.25, 0.3) is 0 Å². The van der Waals surface area contributed by atoms with E-state index in [9.17, 15) is 9.59 Å². The summed E-state index contributed by atoms with van der Waals surface area (Å²) in [7, 11) is 0. The predicted molar refractivity (Wildman–Crippen MR) is 121 cm³/mol. The molecule has 0 aliphatic heterocycles. The molecule has 0 bridgehead atoms. The van der Waals surface area contributed by atoms with E-state index in [-0.39, 0.29) is 17.7 Å². The Morgan fingerprint density at radius 3 is 2.50 bits per heavy atom. The van der Waals surface area contributed by atoms with E-state index in [0.29, 0.717) is 22.2 Å². The highest BCUT2D eigenvalue weighted by atomic mass is 35.5. The van der Waals surface area contributed by atoms with Gasteiger partial charge in [-0.2, -0.15) is 0 Å². The molecule has 0 saturated heterocycles. The quantitative estimate of drug-likeness (QED) is 0.406. The highest BCUT2D eigenvalue weighted by molar-refractivity contribution is 7.98. The van der Waals surface area contributed by atoms with Gasteiger partial charge in [0.2, 0.25) is 5.91 Å². The van der Waals surface area contributed by atoms with E-state index >= 15 is 0 Å². The summed E-state index contributed by atoms with van der Waals surface area (Å²) in [5.74, 6) is 0.345. The van der Waals surface area contributed by atoms with Crippen molar-refractivity contribution in [1.82, 2.24) is 9.97 Å². The lowest BCUT2D eigenvalue weighted by molar-refractivity contribution is -0.113. The van der Waals surface area contributed by atoms with Crippen LogP contribution in [0.15, 0.2) is 59.9 Å². The highest BCUT2D eigenvalue weighted by Gasteiger charge is 2.14. The molecule has 1 aromatic carbocycles. The molecule has 0 atom stereocenters. The molecular formula is C22H21ClN4O2S. The second kappa shape index (κ2) is 10.2. The summed E-state index contributed by atoms with van der Waals surface area (Å²) in [6, 6.07) is 13.0. The fourth-order valence-electron chi connectivity index (χ4n) is 2.88. The number of hydrogen-bond acceptors (Lipinski definition) is 5. The van der Waals surface area contributed by atoms with E-state index < -0.39 is 0 Å². The van der Waals surface area contributed by atoms with Gasteiger partial charge in [0.1, 0.15) is 16.7 Å². The molecule has 0 aliphatic rings. The smallest absolute Gasteiger partial charge is 0.258 e. The van der Waals surface area contributed by atoms with Gasteiger partial charge in [0.05, 0.1) is 5.56 Å². The van der Waals surface area contributed by atoms with Crippen LogP contribution >= 0.6 is 23.4 Å². The average molecular weight is 441 g/mol. The van der Waals surface area contributed by atoms with Crippen LogP contribution in [0.1, 0.15) is 27.0 Å². The maximum atomic E-state index is 12.8. The molecule has 0 fully saturated rings. The van der Waals surface area contributed by atoms with Crippen molar-refractivity contribution in [3.05, 3.63) is 77.1 Å². The number of benzene rings is 1. The van der Waals surface area contributed by atoms with Crippen LogP contribution in [0, 0.1) is 13.8 Å².